The number of pyridine rings is 1. The normalized spacial score (nSPS) is 12.7. The summed E-state index contributed by atoms with van der Waals surface area (Å²) in [5, 5.41) is 1.15. The molecule has 1 aromatic carbocycles. The zero-order valence-corrected chi connectivity index (χ0v) is 11.8. The van der Waals surface area contributed by atoms with Crippen LogP contribution >= 0.6 is 15.9 Å². The van der Waals surface area contributed by atoms with E-state index in [-0.39, 0.29) is 6.04 Å². The second-order valence-corrected chi connectivity index (χ2v) is 5.17. The number of hydrogen-bond donors (Lipinski definition) is 1. The second-order valence-electron chi connectivity index (χ2n) is 4.45. The quantitative estimate of drug-likeness (QED) is 0.798. The van der Waals surface area contributed by atoms with Crippen molar-refractivity contribution in [3.63, 3.8) is 0 Å². The number of furan rings is 1. The Kier molecular flexibility index (Phi) is 3.36. The number of para-hydroxylation sites is 1. The van der Waals surface area contributed by atoms with E-state index in [0.717, 1.165) is 22.9 Å². The first-order chi connectivity index (χ1) is 9.25. The van der Waals surface area contributed by atoms with E-state index in [1.807, 2.05) is 36.5 Å². The summed E-state index contributed by atoms with van der Waals surface area (Å²) in [6, 6.07) is 11.9. The van der Waals surface area contributed by atoms with E-state index < -0.39 is 0 Å². The van der Waals surface area contributed by atoms with Gasteiger partial charge in [-0.2, -0.15) is 0 Å². The Morgan fingerprint density at radius 1 is 1.21 bits per heavy atom. The summed E-state index contributed by atoms with van der Waals surface area (Å²) >= 11 is 3.37. The van der Waals surface area contributed by atoms with Gasteiger partial charge in [-0.05, 0) is 46.1 Å². The number of nitrogens with two attached hydrogens (primary N) is 1. The van der Waals surface area contributed by atoms with Crippen molar-refractivity contribution in [2.24, 2.45) is 5.73 Å². The lowest BCUT2D eigenvalue weighted by atomic mass is 9.99. The van der Waals surface area contributed by atoms with Crippen LogP contribution in [0.25, 0.3) is 10.9 Å². The molecule has 0 aliphatic heterocycles. The fraction of sp³-hybridized carbons (Fsp3) is 0.133. The minimum Gasteiger partial charge on any atom is -0.457 e. The maximum absolute atomic E-state index is 6.25. The van der Waals surface area contributed by atoms with Crippen molar-refractivity contribution in [3.05, 3.63) is 64.7 Å². The van der Waals surface area contributed by atoms with Crippen molar-refractivity contribution >= 4 is 26.8 Å². The van der Waals surface area contributed by atoms with Crippen molar-refractivity contribution in [3.8, 4) is 0 Å². The molecule has 3 nitrogen and oxygen atoms in total. The number of aromatic nitrogens is 1. The lowest BCUT2D eigenvalue weighted by Gasteiger charge is -2.12. The van der Waals surface area contributed by atoms with Crippen LogP contribution in [0.15, 0.2) is 57.9 Å². The number of benzene rings is 1. The maximum atomic E-state index is 6.25. The fourth-order valence-corrected chi connectivity index (χ4v) is 2.78. The highest BCUT2D eigenvalue weighted by Crippen LogP contribution is 2.27. The number of fused-ring (bicyclic) bond motifs is 1. The topological polar surface area (TPSA) is 52.0 Å². The molecule has 3 aromatic rings. The highest BCUT2D eigenvalue weighted by molar-refractivity contribution is 9.10. The fourth-order valence-electron chi connectivity index (χ4n) is 2.25. The molecule has 96 valence electrons. The zero-order valence-electron chi connectivity index (χ0n) is 10.2. The smallest absolute Gasteiger partial charge is 0.173 e. The summed E-state index contributed by atoms with van der Waals surface area (Å²) in [6.45, 7) is 0. The Morgan fingerprint density at radius 2 is 2.05 bits per heavy atom. The molecule has 0 bridgehead atoms. The first-order valence-corrected chi connectivity index (χ1v) is 6.86. The van der Waals surface area contributed by atoms with E-state index >= 15 is 0 Å². The molecule has 0 aliphatic rings. The Balaban J connectivity index is 1.96. The molecule has 0 fully saturated rings. The minimum absolute atomic E-state index is 0.0982. The monoisotopic (exact) mass is 316 g/mol. The van der Waals surface area contributed by atoms with Crippen LogP contribution in [0, 0.1) is 0 Å². The lowest BCUT2D eigenvalue weighted by Crippen LogP contribution is -2.13. The molecular weight excluding hydrogens is 304 g/mol. The van der Waals surface area contributed by atoms with Gasteiger partial charge in [0.15, 0.2) is 4.67 Å². The average Bonchev–Trinajstić information content (AvgIpc) is 2.85. The molecule has 1 unspecified atom stereocenters. The number of nitrogens with zero attached hydrogens (tertiary/aromatic N) is 1. The van der Waals surface area contributed by atoms with E-state index in [4.69, 9.17) is 10.2 Å². The number of rotatable bonds is 3. The number of halogens is 1. The van der Waals surface area contributed by atoms with Gasteiger partial charge in [0.25, 0.3) is 0 Å². The van der Waals surface area contributed by atoms with Crippen LogP contribution in [-0.2, 0) is 6.42 Å². The van der Waals surface area contributed by atoms with Gasteiger partial charge < -0.3 is 10.2 Å². The molecule has 2 N–H and O–H groups in total. The molecule has 0 saturated carbocycles. The molecule has 0 aliphatic carbocycles. The Bertz CT molecular complexity index is 703. The average molecular weight is 317 g/mol. The van der Waals surface area contributed by atoms with Crippen molar-refractivity contribution < 1.29 is 4.42 Å². The van der Waals surface area contributed by atoms with Gasteiger partial charge in [-0.1, -0.05) is 18.2 Å². The Morgan fingerprint density at radius 3 is 2.84 bits per heavy atom. The molecule has 1 atom stereocenters. The van der Waals surface area contributed by atoms with Crippen LogP contribution in [0.4, 0.5) is 0 Å². The highest BCUT2D eigenvalue weighted by atomic mass is 79.9. The Labute approximate surface area is 119 Å². The molecule has 3 rings (SSSR count). The molecule has 2 aromatic heterocycles. The first-order valence-electron chi connectivity index (χ1n) is 6.07. The summed E-state index contributed by atoms with van der Waals surface area (Å²) in [5.41, 5.74) is 9.44. The van der Waals surface area contributed by atoms with Gasteiger partial charge in [0, 0.05) is 23.2 Å². The van der Waals surface area contributed by atoms with Crippen LogP contribution < -0.4 is 5.73 Å². The maximum Gasteiger partial charge on any atom is 0.173 e. The molecule has 19 heavy (non-hydrogen) atoms. The third kappa shape index (κ3) is 2.41. The molecule has 0 spiro atoms. The van der Waals surface area contributed by atoms with Crippen molar-refractivity contribution in [2.75, 3.05) is 0 Å². The van der Waals surface area contributed by atoms with Gasteiger partial charge in [-0.3, -0.25) is 4.98 Å². The SMILES string of the molecule is NC(Cc1ccnc2ccccc12)c1ccoc1Br. The molecule has 0 amide bonds. The predicted molar refractivity (Wildman–Crippen MR) is 78.8 cm³/mol. The van der Waals surface area contributed by atoms with Gasteiger partial charge in [0.05, 0.1) is 11.8 Å². The third-order valence-corrected chi connectivity index (χ3v) is 3.87. The van der Waals surface area contributed by atoms with E-state index in [2.05, 4.69) is 27.0 Å². The predicted octanol–water partition coefficient (Wildman–Crippen LogP) is 3.83. The van der Waals surface area contributed by atoms with Crippen LogP contribution in [0.3, 0.4) is 0 Å². The summed E-state index contributed by atoms with van der Waals surface area (Å²) in [5.74, 6) is 0. The standard InChI is InChI=1S/C15H13BrN2O/c16-15-12(6-8-19-15)13(17)9-10-5-7-18-14-4-2-1-3-11(10)14/h1-8,13H,9,17H2. The summed E-state index contributed by atoms with van der Waals surface area (Å²) < 4.78 is 5.94. The molecule has 4 heteroatoms. The molecular formula is C15H13BrN2O. The summed E-state index contributed by atoms with van der Waals surface area (Å²) in [7, 11) is 0. The van der Waals surface area contributed by atoms with Crippen molar-refractivity contribution in [1.82, 2.24) is 4.98 Å². The summed E-state index contributed by atoms with van der Waals surface area (Å²) in [4.78, 5) is 4.36. The van der Waals surface area contributed by atoms with Crippen LogP contribution in [0.5, 0.6) is 0 Å². The minimum atomic E-state index is -0.0982. The van der Waals surface area contributed by atoms with Gasteiger partial charge in [-0.25, -0.2) is 0 Å². The van der Waals surface area contributed by atoms with E-state index in [9.17, 15) is 0 Å². The van der Waals surface area contributed by atoms with E-state index in [1.165, 1.54) is 5.56 Å². The number of hydrogen-bond acceptors (Lipinski definition) is 3. The Hall–Kier alpha value is -1.65. The van der Waals surface area contributed by atoms with Crippen molar-refractivity contribution in [2.45, 2.75) is 12.5 Å². The van der Waals surface area contributed by atoms with Crippen LogP contribution in [0.2, 0.25) is 0 Å². The second kappa shape index (κ2) is 5.15. The highest BCUT2D eigenvalue weighted by Gasteiger charge is 2.14. The van der Waals surface area contributed by atoms with Crippen LogP contribution in [0.1, 0.15) is 17.2 Å². The summed E-state index contributed by atoms with van der Waals surface area (Å²) in [6.07, 6.45) is 4.22. The van der Waals surface area contributed by atoms with Gasteiger partial charge in [0.2, 0.25) is 0 Å². The molecule has 0 radical (unpaired) electrons. The zero-order chi connectivity index (χ0) is 13.2. The van der Waals surface area contributed by atoms with Gasteiger partial charge >= 0.3 is 0 Å². The van der Waals surface area contributed by atoms with E-state index in [0.29, 0.717) is 4.67 Å². The molecule has 0 saturated heterocycles. The lowest BCUT2D eigenvalue weighted by molar-refractivity contribution is 0.531. The van der Waals surface area contributed by atoms with Gasteiger partial charge in [0.1, 0.15) is 0 Å². The third-order valence-electron chi connectivity index (χ3n) is 3.22. The first kappa shape index (κ1) is 12.4. The van der Waals surface area contributed by atoms with E-state index in [1.54, 1.807) is 6.26 Å². The van der Waals surface area contributed by atoms with Crippen LogP contribution in [-0.4, -0.2) is 4.98 Å². The molecule has 2 heterocycles. The van der Waals surface area contributed by atoms with Gasteiger partial charge in [-0.15, -0.1) is 0 Å². The van der Waals surface area contributed by atoms with Crippen molar-refractivity contribution in [1.29, 1.82) is 0 Å². The largest absolute Gasteiger partial charge is 0.457 e.